The van der Waals surface area contributed by atoms with E-state index >= 15 is 0 Å². The first-order chi connectivity index (χ1) is 14.8. The predicted molar refractivity (Wildman–Crippen MR) is 127 cm³/mol. The highest BCUT2D eigenvalue weighted by molar-refractivity contribution is 14.1. The summed E-state index contributed by atoms with van der Waals surface area (Å²) in [5.41, 5.74) is 3.41. The minimum Gasteiger partial charge on any atom is -0.349 e. The second-order valence-electron chi connectivity index (χ2n) is 7.23. The first-order valence-corrected chi connectivity index (χ1v) is 11.0. The average molecular weight is 508 g/mol. The van der Waals surface area contributed by atoms with Gasteiger partial charge in [0.15, 0.2) is 5.82 Å². The largest absolute Gasteiger partial charge is 0.349 e. The first-order valence-electron chi connectivity index (χ1n) is 9.96. The van der Waals surface area contributed by atoms with Crippen molar-refractivity contribution in [2.75, 3.05) is 22.9 Å². The zero-order chi connectivity index (χ0) is 20.3. The zero-order valence-corrected chi connectivity index (χ0v) is 18.5. The summed E-state index contributed by atoms with van der Waals surface area (Å²) in [6.45, 7) is 1.91. The zero-order valence-electron chi connectivity index (χ0n) is 16.3. The fourth-order valence-electron chi connectivity index (χ4n) is 4.02. The Bertz CT molecular complexity index is 1050. The molecule has 1 fully saturated rings. The monoisotopic (exact) mass is 508 g/mol. The Morgan fingerprint density at radius 2 is 1.30 bits per heavy atom. The van der Waals surface area contributed by atoms with Crippen molar-refractivity contribution in [1.29, 1.82) is 0 Å². The Hall–Kier alpha value is -2.94. The minimum absolute atomic E-state index is 0.128. The molecule has 0 spiro atoms. The second kappa shape index (κ2) is 8.43. The topological polar surface area (TPSA) is 50.1 Å². The standard InChI is InChI=1S/C23H21IN6/c24-18-11-13-21(14-12-18)30-22(25-26-27-30)17-23-28(19-7-3-1-4-8-19)15-16-29(23)20-9-5-2-6-10-20/h1-14,23H,15-17H2. The van der Waals surface area contributed by atoms with Crippen LogP contribution in [-0.4, -0.2) is 39.5 Å². The van der Waals surface area contributed by atoms with Crippen LogP contribution in [0.3, 0.4) is 0 Å². The molecule has 0 atom stereocenters. The fraction of sp³-hybridized carbons (Fsp3) is 0.174. The van der Waals surface area contributed by atoms with Crippen LogP contribution in [0.25, 0.3) is 5.69 Å². The highest BCUT2D eigenvalue weighted by Crippen LogP contribution is 2.30. The number of nitrogens with zero attached hydrogens (tertiary/aromatic N) is 6. The van der Waals surface area contributed by atoms with Gasteiger partial charge in [0.05, 0.1) is 5.69 Å². The second-order valence-corrected chi connectivity index (χ2v) is 8.47. The summed E-state index contributed by atoms with van der Waals surface area (Å²) >= 11 is 2.31. The van der Waals surface area contributed by atoms with E-state index in [1.54, 1.807) is 0 Å². The van der Waals surface area contributed by atoms with E-state index in [0.717, 1.165) is 24.6 Å². The van der Waals surface area contributed by atoms with Crippen LogP contribution < -0.4 is 9.80 Å². The molecule has 6 nitrogen and oxygen atoms in total. The van der Waals surface area contributed by atoms with Crippen LogP contribution in [0.5, 0.6) is 0 Å². The molecule has 4 aromatic rings. The Balaban J connectivity index is 1.50. The maximum Gasteiger partial charge on any atom is 0.160 e. The van der Waals surface area contributed by atoms with Gasteiger partial charge in [0.1, 0.15) is 6.17 Å². The molecule has 0 N–H and O–H groups in total. The van der Waals surface area contributed by atoms with Crippen molar-refractivity contribution >= 4 is 34.0 Å². The third kappa shape index (κ3) is 3.77. The van der Waals surface area contributed by atoms with E-state index in [1.165, 1.54) is 14.9 Å². The maximum atomic E-state index is 4.38. The molecule has 0 bridgehead atoms. The molecule has 0 saturated carbocycles. The normalized spacial score (nSPS) is 14.4. The molecule has 1 aliphatic heterocycles. The van der Waals surface area contributed by atoms with Crippen LogP contribution in [0.1, 0.15) is 5.82 Å². The lowest BCUT2D eigenvalue weighted by Gasteiger charge is -2.32. The number of para-hydroxylation sites is 2. The van der Waals surface area contributed by atoms with E-state index in [4.69, 9.17) is 0 Å². The Morgan fingerprint density at radius 1 is 0.733 bits per heavy atom. The van der Waals surface area contributed by atoms with Gasteiger partial charge in [-0.05, 0) is 81.5 Å². The molecule has 2 heterocycles. The molecule has 1 saturated heterocycles. The molecular formula is C23H21IN6. The van der Waals surface area contributed by atoms with E-state index in [2.05, 4.69) is 133 Å². The minimum atomic E-state index is 0.128. The number of aromatic nitrogens is 4. The Kier molecular flexibility index (Phi) is 5.35. The van der Waals surface area contributed by atoms with Crippen molar-refractivity contribution in [2.45, 2.75) is 12.6 Å². The summed E-state index contributed by atoms with van der Waals surface area (Å²) in [7, 11) is 0. The van der Waals surface area contributed by atoms with Crippen LogP contribution in [0.2, 0.25) is 0 Å². The highest BCUT2D eigenvalue weighted by Gasteiger charge is 2.34. The van der Waals surface area contributed by atoms with Crippen molar-refractivity contribution in [3.8, 4) is 5.69 Å². The third-order valence-electron chi connectivity index (χ3n) is 5.45. The van der Waals surface area contributed by atoms with Crippen molar-refractivity contribution in [2.24, 2.45) is 0 Å². The van der Waals surface area contributed by atoms with E-state index < -0.39 is 0 Å². The van der Waals surface area contributed by atoms with E-state index in [1.807, 2.05) is 4.68 Å². The SMILES string of the molecule is Ic1ccc(-n2nnnc2CC2N(c3ccccc3)CCN2c2ccccc2)cc1. The van der Waals surface area contributed by atoms with Crippen molar-refractivity contribution in [3.05, 3.63) is 94.3 Å². The number of halogens is 1. The van der Waals surface area contributed by atoms with Crippen molar-refractivity contribution < 1.29 is 0 Å². The van der Waals surface area contributed by atoms with Gasteiger partial charge in [-0.2, -0.15) is 4.68 Å². The summed E-state index contributed by atoms with van der Waals surface area (Å²) < 4.78 is 3.04. The predicted octanol–water partition coefficient (Wildman–Crippen LogP) is 4.16. The van der Waals surface area contributed by atoms with Crippen molar-refractivity contribution in [1.82, 2.24) is 20.2 Å². The Morgan fingerprint density at radius 3 is 1.87 bits per heavy atom. The number of hydrogen-bond donors (Lipinski definition) is 0. The van der Waals surface area contributed by atoms with Crippen LogP contribution in [-0.2, 0) is 6.42 Å². The lowest BCUT2D eigenvalue weighted by Crippen LogP contribution is -2.41. The number of anilines is 2. The van der Waals surface area contributed by atoms with Crippen molar-refractivity contribution in [3.63, 3.8) is 0 Å². The molecule has 0 unspecified atom stereocenters. The van der Waals surface area contributed by atoms with E-state index in [0.29, 0.717) is 6.42 Å². The van der Waals surface area contributed by atoms with E-state index in [-0.39, 0.29) is 6.17 Å². The molecule has 30 heavy (non-hydrogen) atoms. The first kappa shape index (κ1) is 19.0. The molecule has 1 aliphatic rings. The Labute approximate surface area is 189 Å². The summed E-state index contributed by atoms with van der Waals surface area (Å²) in [4.78, 5) is 4.89. The number of hydrogen-bond acceptors (Lipinski definition) is 5. The maximum absolute atomic E-state index is 4.38. The number of tetrazole rings is 1. The van der Waals surface area contributed by atoms with E-state index in [9.17, 15) is 0 Å². The third-order valence-corrected chi connectivity index (χ3v) is 6.17. The van der Waals surface area contributed by atoms with Gasteiger partial charge in [-0.15, -0.1) is 5.10 Å². The molecule has 7 heteroatoms. The van der Waals surface area contributed by atoms with Crippen LogP contribution >= 0.6 is 22.6 Å². The van der Waals surface area contributed by atoms with Gasteiger partial charge in [0, 0.05) is 34.5 Å². The highest BCUT2D eigenvalue weighted by atomic mass is 127. The summed E-state index contributed by atoms with van der Waals surface area (Å²) in [5, 5.41) is 12.6. The lowest BCUT2D eigenvalue weighted by atomic mass is 10.2. The molecule has 3 aromatic carbocycles. The molecule has 0 aliphatic carbocycles. The number of rotatable bonds is 5. The lowest BCUT2D eigenvalue weighted by molar-refractivity contribution is 0.624. The quantitative estimate of drug-likeness (QED) is 0.379. The van der Waals surface area contributed by atoms with Gasteiger partial charge in [-0.3, -0.25) is 0 Å². The van der Waals surface area contributed by atoms with Crippen LogP contribution in [0, 0.1) is 3.57 Å². The van der Waals surface area contributed by atoms with Gasteiger partial charge in [-0.25, -0.2) is 0 Å². The molecule has 0 radical (unpaired) electrons. The summed E-state index contributed by atoms with van der Waals surface area (Å²) in [6.07, 6.45) is 0.839. The fourth-order valence-corrected chi connectivity index (χ4v) is 4.38. The smallest absolute Gasteiger partial charge is 0.160 e. The number of benzene rings is 3. The molecule has 150 valence electrons. The van der Waals surface area contributed by atoms with Gasteiger partial charge in [0.25, 0.3) is 0 Å². The van der Waals surface area contributed by atoms with Gasteiger partial charge in [-0.1, -0.05) is 36.4 Å². The molecule has 1 aromatic heterocycles. The van der Waals surface area contributed by atoms with Crippen LogP contribution in [0.15, 0.2) is 84.9 Å². The summed E-state index contributed by atoms with van der Waals surface area (Å²) in [6, 6.07) is 29.4. The molecular weight excluding hydrogens is 487 g/mol. The molecule has 0 amide bonds. The van der Waals surface area contributed by atoms with Gasteiger partial charge < -0.3 is 9.80 Å². The molecule has 5 rings (SSSR count). The summed E-state index contributed by atoms with van der Waals surface area (Å²) in [5.74, 6) is 0.852. The van der Waals surface area contributed by atoms with Gasteiger partial charge in [0.2, 0.25) is 0 Å². The van der Waals surface area contributed by atoms with Gasteiger partial charge >= 0.3 is 0 Å². The average Bonchev–Trinajstić information content (AvgIpc) is 3.43. The van der Waals surface area contributed by atoms with Crippen LogP contribution in [0.4, 0.5) is 11.4 Å².